The van der Waals surface area contributed by atoms with Crippen LogP contribution in [-0.2, 0) is 6.42 Å². The number of hydrogen-bond donors (Lipinski definition) is 0. The molecule has 1 fully saturated rings. The summed E-state index contributed by atoms with van der Waals surface area (Å²) in [7, 11) is 0. The predicted octanol–water partition coefficient (Wildman–Crippen LogP) is 6.67. The van der Waals surface area contributed by atoms with Crippen molar-refractivity contribution < 1.29 is 0 Å². The first-order valence-electron chi connectivity index (χ1n) is 8.48. The van der Waals surface area contributed by atoms with Crippen LogP contribution in [0.25, 0.3) is 11.1 Å². The maximum Gasteiger partial charge on any atom is -0.0152 e. The Morgan fingerprint density at radius 3 is 2.00 bits per heavy atom. The molecule has 114 valence electrons. The van der Waals surface area contributed by atoms with Crippen molar-refractivity contribution >= 4 is 0 Å². The molecule has 2 aromatic carbocycles. The quantitative estimate of drug-likeness (QED) is 0.590. The first-order chi connectivity index (χ1) is 10.3. The van der Waals surface area contributed by atoms with E-state index in [2.05, 4.69) is 55.5 Å². The molecule has 2 aromatic rings. The minimum Gasteiger partial charge on any atom is -0.0683 e. The lowest BCUT2D eigenvalue weighted by atomic mass is 9.94. The van der Waals surface area contributed by atoms with Gasteiger partial charge in [-0.15, -0.1) is 0 Å². The first-order valence-corrected chi connectivity index (χ1v) is 8.48. The van der Waals surface area contributed by atoms with Crippen molar-refractivity contribution in [1.29, 1.82) is 0 Å². The van der Waals surface area contributed by atoms with Crippen molar-refractivity contribution in [1.82, 2.24) is 0 Å². The van der Waals surface area contributed by atoms with Crippen LogP contribution in [0.5, 0.6) is 0 Å². The van der Waals surface area contributed by atoms with Crippen LogP contribution < -0.4 is 0 Å². The van der Waals surface area contributed by atoms with Gasteiger partial charge in [0.05, 0.1) is 0 Å². The van der Waals surface area contributed by atoms with Crippen LogP contribution >= 0.6 is 0 Å². The lowest BCUT2D eigenvalue weighted by molar-refractivity contribution is 0.827. The van der Waals surface area contributed by atoms with E-state index in [0.717, 1.165) is 5.92 Å². The molecule has 0 heterocycles. The van der Waals surface area contributed by atoms with Crippen molar-refractivity contribution in [2.24, 2.45) is 5.92 Å². The van der Waals surface area contributed by atoms with E-state index in [1.807, 2.05) is 27.7 Å². The second-order valence-electron chi connectivity index (χ2n) is 5.10. The summed E-state index contributed by atoms with van der Waals surface area (Å²) in [6.45, 7) is 10.3. The van der Waals surface area contributed by atoms with Gasteiger partial charge < -0.3 is 0 Å². The Morgan fingerprint density at radius 1 is 0.810 bits per heavy atom. The Balaban J connectivity index is 0.000000510. The van der Waals surface area contributed by atoms with Gasteiger partial charge in [0.1, 0.15) is 0 Å². The molecule has 0 N–H and O–H groups in total. The molecule has 0 atom stereocenters. The molecule has 0 heteroatoms. The standard InChI is InChI=1S/C17H18.2C2H6/c1-13-16(12-14-10-11-14)8-5-9-17(13)15-6-3-2-4-7-15;2*1-2/h2-9,14H,10-12H2,1H3;2*1-2H3. The Hall–Kier alpha value is -1.56. The van der Waals surface area contributed by atoms with Gasteiger partial charge >= 0.3 is 0 Å². The van der Waals surface area contributed by atoms with E-state index < -0.39 is 0 Å². The minimum absolute atomic E-state index is 0.958. The molecule has 0 aromatic heterocycles. The van der Waals surface area contributed by atoms with Gasteiger partial charge in [-0.3, -0.25) is 0 Å². The number of hydrogen-bond acceptors (Lipinski definition) is 0. The van der Waals surface area contributed by atoms with Crippen LogP contribution in [0.4, 0.5) is 0 Å². The van der Waals surface area contributed by atoms with Crippen molar-refractivity contribution in [2.75, 3.05) is 0 Å². The average Bonchev–Trinajstić information content (AvgIpc) is 3.38. The predicted molar refractivity (Wildman–Crippen MR) is 95.7 cm³/mol. The topological polar surface area (TPSA) is 0 Å². The van der Waals surface area contributed by atoms with Gasteiger partial charge in [-0.1, -0.05) is 76.2 Å². The second kappa shape index (κ2) is 9.39. The lowest BCUT2D eigenvalue weighted by Gasteiger charge is -2.11. The molecule has 0 amide bonds. The fourth-order valence-electron chi connectivity index (χ4n) is 2.47. The molecule has 0 unspecified atom stereocenters. The van der Waals surface area contributed by atoms with Gasteiger partial charge in [-0.2, -0.15) is 0 Å². The van der Waals surface area contributed by atoms with Crippen molar-refractivity contribution in [3.63, 3.8) is 0 Å². The highest BCUT2D eigenvalue weighted by Gasteiger charge is 2.22. The summed E-state index contributed by atoms with van der Waals surface area (Å²) < 4.78 is 0. The molecule has 0 radical (unpaired) electrons. The van der Waals surface area contributed by atoms with E-state index in [4.69, 9.17) is 0 Å². The molecule has 0 saturated heterocycles. The molecule has 0 spiro atoms. The highest BCUT2D eigenvalue weighted by Crippen LogP contribution is 2.35. The maximum atomic E-state index is 2.29. The molecular formula is C21H30. The zero-order chi connectivity index (χ0) is 15.7. The molecule has 1 aliphatic carbocycles. The van der Waals surface area contributed by atoms with Gasteiger partial charge in [-0.25, -0.2) is 0 Å². The molecule has 0 nitrogen and oxygen atoms in total. The summed E-state index contributed by atoms with van der Waals surface area (Å²) in [5, 5.41) is 0. The molecule has 21 heavy (non-hydrogen) atoms. The van der Waals surface area contributed by atoms with Gasteiger partial charge in [0, 0.05) is 0 Å². The Kier molecular flexibility index (Phi) is 7.82. The molecule has 1 aliphatic rings. The monoisotopic (exact) mass is 282 g/mol. The Bertz CT molecular complexity index is 507. The SMILES string of the molecule is CC.CC.Cc1c(CC2CC2)cccc1-c1ccccc1. The van der Waals surface area contributed by atoms with Crippen LogP contribution in [0.15, 0.2) is 48.5 Å². The van der Waals surface area contributed by atoms with E-state index in [1.54, 1.807) is 0 Å². The van der Waals surface area contributed by atoms with E-state index in [1.165, 1.54) is 41.5 Å². The summed E-state index contributed by atoms with van der Waals surface area (Å²) >= 11 is 0. The van der Waals surface area contributed by atoms with Crippen LogP contribution in [0.1, 0.15) is 51.7 Å². The first kappa shape index (κ1) is 17.5. The zero-order valence-electron chi connectivity index (χ0n) is 14.3. The lowest BCUT2D eigenvalue weighted by Crippen LogP contribution is -1.93. The largest absolute Gasteiger partial charge is 0.0683 e. The summed E-state index contributed by atoms with van der Waals surface area (Å²) in [4.78, 5) is 0. The van der Waals surface area contributed by atoms with E-state index in [0.29, 0.717) is 0 Å². The van der Waals surface area contributed by atoms with Gasteiger partial charge in [0.15, 0.2) is 0 Å². The summed E-state index contributed by atoms with van der Waals surface area (Å²) in [5.41, 5.74) is 5.73. The third-order valence-corrected chi connectivity index (χ3v) is 3.74. The third kappa shape index (κ3) is 5.04. The van der Waals surface area contributed by atoms with Crippen LogP contribution in [0.3, 0.4) is 0 Å². The average molecular weight is 282 g/mol. The zero-order valence-corrected chi connectivity index (χ0v) is 14.3. The van der Waals surface area contributed by atoms with Crippen LogP contribution in [-0.4, -0.2) is 0 Å². The van der Waals surface area contributed by atoms with E-state index in [-0.39, 0.29) is 0 Å². The van der Waals surface area contributed by atoms with Gasteiger partial charge in [0.25, 0.3) is 0 Å². The van der Waals surface area contributed by atoms with Gasteiger partial charge in [-0.05, 0) is 54.4 Å². The maximum absolute atomic E-state index is 2.29. The highest BCUT2D eigenvalue weighted by atomic mass is 14.3. The van der Waals surface area contributed by atoms with Crippen LogP contribution in [0, 0.1) is 12.8 Å². The summed E-state index contributed by atoms with van der Waals surface area (Å²) in [6, 6.07) is 17.4. The molecule has 0 aliphatic heterocycles. The third-order valence-electron chi connectivity index (χ3n) is 3.74. The number of rotatable bonds is 3. The summed E-state index contributed by atoms with van der Waals surface area (Å²) in [6.07, 6.45) is 4.12. The van der Waals surface area contributed by atoms with Crippen LogP contribution in [0.2, 0.25) is 0 Å². The molecule has 1 saturated carbocycles. The smallest absolute Gasteiger partial charge is 0.0152 e. The highest BCUT2D eigenvalue weighted by molar-refractivity contribution is 5.68. The molecular weight excluding hydrogens is 252 g/mol. The minimum atomic E-state index is 0.958. The Labute approximate surface area is 131 Å². The fourth-order valence-corrected chi connectivity index (χ4v) is 2.47. The van der Waals surface area contributed by atoms with E-state index in [9.17, 15) is 0 Å². The fraction of sp³-hybridized carbons (Fsp3) is 0.429. The number of benzene rings is 2. The van der Waals surface area contributed by atoms with Crippen molar-refractivity contribution in [3.8, 4) is 11.1 Å². The normalized spacial score (nSPS) is 12.6. The van der Waals surface area contributed by atoms with Gasteiger partial charge in [0.2, 0.25) is 0 Å². The molecule has 0 bridgehead atoms. The Morgan fingerprint density at radius 2 is 1.43 bits per heavy atom. The van der Waals surface area contributed by atoms with E-state index >= 15 is 0 Å². The van der Waals surface area contributed by atoms with Crippen molar-refractivity contribution in [3.05, 3.63) is 59.7 Å². The second-order valence-corrected chi connectivity index (χ2v) is 5.10. The molecule has 3 rings (SSSR count). The van der Waals surface area contributed by atoms with Crippen molar-refractivity contribution in [2.45, 2.75) is 53.9 Å². The summed E-state index contributed by atoms with van der Waals surface area (Å²) in [5.74, 6) is 0.958.